The van der Waals surface area contributed by atoms with Crippen LogP contribution in [0.15, 0.2) is 72.9 Å². The van der Waals surface area contributed by atoms with Gasteiger partial charge in [-0.05, 0) is 36.4 Å². The zero-order valence-electron chi connectivity index (χ0n) is 14.4. The molecule has 0 saturated heterocycles. The Kier molecular flexibility index (Phi) is 4.85. The fraction of sp³-hybridized carbons (Fsp3) is 0.182. The van der Waals surface area contributed by atoms with Gasteiger partial charge < -0.3 is 0 Å². The molecule has 2 aromatic carbocycles. The summed E-state index contributed by atoms with van der Waals surface area (Å²) in [6.07, 6.45) is 1.84. The van der Waals surface area contributed by atoms with Gasteiger partial charge in [-0.3, -0.25) is 9.97 Å². The molecule has 0 unspecified atom stereocenters. The van der Waals surface area contributed by atoms with E-state index in [1.807, 2.05) is 43.5 Å². The summed E-state index contributed by atoms with van der Waals surface area (Å²) in [4.78, 5) is 8.78. The Morgan fingerprint density at radius 3 is 2.21 bits per heavy atom. The molecule has 2 aromatic heterocycles. The molecule has 120 valence electrons. The van der Waals surface area contributed by atoms with Crippen molar-refractivity contribution in [3.8, 4) is 0 Å². The molecule has 0 saturated carbocycles. The predicted octanol–water partition coefficient (Wildman–Crippen LogP) is 5.90. The first kappa shape index (κ1) is 16.1. The van der Waals surface area contributed by atoms with Crippen molar-refractivity contribution < 1.29 is 0 Å². The fourth-order valence-electron chi connectivity index (χ4n) is 2.67. The maximum Gasteiger partial charge on any atom is 0.0705 e. The lowest BCUT2D eigenvalue weighted by Crippen LogP contribution is -1.91. The molecule has 0 aliphatic heterocycles. The molecule has 0 radical (unpaired) electrons. The number of benzene rings is 2. The van der Waals surface area contributed by atoms with Gasteiger partial charge in [-0.25, -0.2) is 0 Å². The number of aromatic nitrogens is 2. The summed E-state index contributed by atoms with van der Waals surface area (Å²) in [6, 6.07) is 22.8. The third kappa shape index (κ3) is 3.60. The highest BCUT2D eigenvalue weighted by atomic mass is 14.7. The van der Waals surface area contributed by atoms with Gasteiger partial charge in [0.05, 0.1) is 5.52 Å². The van der Waals surface area contributed by atoms with Crippen LogP contribution in [0.3, 0.4) is 0 Å². The number of pyridine rings is 2. The Morgan fingerprint density at radius 1 is 0.750 bits per heavy atom. The zero-order chi connectivity index (χ0) is 16.9. The van der Waals surface area contributed by atoms with E-state index in [0.717, 1.165) is 11.2 Å². The molecule has 0 spiro atoms. The third-order valence-corrected chi connectivity index (χ3v) is 4.08. The van der Waals surface area contributed by atoms with Gasteiger partial charge in [-0.2, -0.15) is 0 Å². The summed E-state index contributed by atoms with van der Waals surface area (Å²) in [5, 5.41) is 3.72. The molecular formula is C22H22N2. The Hall–Kier alpha value is -2.74. The lowest BCUT2D eigenvalue weighted by atomic mass is 10.1. The van der Waals surface area contributed by atoms with Gasteiger partial charge in [0.1, 0.15) is 0 Å². The van der Waals surface area contributed by atoms with Crippen LogP contribution in [-0.2, 0) is 0 Å². The molecular weight excluding hydrogens is 292 g/mol. The number of fused-ring (bicyclic) bond motifs is 2. The monoisotopic (exact) mass is 314 g/mol. The van der Waals surface area contributed by atoms with E-state index in [0.29, 0.717) is 5.92 Å². The number of hydrogen-bond donors (Lipinski definition) is 0. The number of para-hydroxylation sites is 1. The molecule has 2 nitrogen and oxygen atoms in total. The predicted molar refractivity (Wildman–Crippen MR) is 102 cm³/mol. The second-order valence-corrected chi connectivity index (χ2v) is 6.20. The van der Waals surface area contributed by atoms with E-state index in [-0.39, 0.29) is 0 Å². The highest BCUT2D eigenvalue weighted by molar-refractivity contribution is 5.83. The Bertz CT molecular complexity index is 953. The highest BCUT2D eigenvalue weighted by Crippen LogP contribution is 2.17. The van der Waals surface area contributed by atoms with Crippen LogP contribution in [-0.4, -0.2) is 9.97 Å². The fourth-order valence-corrected chi connectivity index (χ4v) is 2.67. The van der Waals surface area contributed by atoms with Crippen LogP contribution in [0.1, 0.15) is 31.2 Å². The summed E-state index contributed by atoms with van der Waals surface area (Å²) >= 11 is 0. The first-order valence-electron chi connectivity index (χ1n) is 8.31. The Morgan fingerprint density at radius 2 is 1.46 bits per heavy atom. The molecule has 24 heavy (non-hydrogen) atoms. The summed E-state index contributed by atoms with van der Waals surface area (Å²) in [7, 11) is 0. The highest BCUT2D eigenvalue weighted by Gasteiger charge is 2.00. The lowest BCUT2D eigenvalue weighted by molar-refractivity contribution is 0.830. The zero-order valence-corrected chi connectivity index (χ0v) is 14.4. The first-order valence-corrected chi connectivity index (χ1v) is 8.31. The van der Waals surface area contributed by atoms with Crippen molar-refractivity contribution in [2.45, 2.75) is 26.7 Å². The molecule has 0 fully saturated rings. The SMILES string of the molecule is CC(C)c1ccc2ccccc2n1.Cc1nccc2ccccc12. The largest absolute Gasteiger partial charge is 0.261 e. The van der Waals surface area contributed by atoms with Crippen molar-refractivity contribution in [3.05, 3.63) is 84.3 Å². The van der Waals surface area contributed by atoms with Crippen molar-refractivity contribution >= 4 is 21.7 Å². The van der Waals surface area contributed by atoms with Crippen molar-refractivity contribution in [2.75, 3.05) is 0 Å². The van der Waals surface area contributed by atoms with Gasteiger partial charge in [0.15, 0.2) is 0 Å². The van der Waals surface area contributed by atoms with Crippen LogP contribution in [0.4, 0.5) is 0 Å². The molecule has 0 atom stereocenters. The topological polar surface area (TPSA) is 25.8 Å². The quantitative estimate of drug-likeness (QED) is 0.437. The van der Waals surface area contributed by atoms with Crippen LogP contribution < -0.4 is 0 Å². The van der Waals surface area contributed by atoms with Crippen molar-refractivity contribution in [2.24, 2.45) is 0 Å². The van der Waals surface area contributed by atoms with E-state index < -0.39 is 0 Å². The summed E-state index contributed by atoms with van der Waals surface area (Å²) < 4.78 is 0. The molecule has 0 N–H and O–H groups in total. The van der Waals surface area contributed by atoms with Crippen LogP contribution in [0.5, 0.6) is 0 Å². The molecule has 4 rings (SSSR count). The van der Waals surface area contributed by atoms with E-state index in [9.17, 15) is 0 Å². The molecule has 4 aromatic rings. The molecule has 0 aliphatic rings. The van der Waals surface area contributed by atoms with Crippen molar-refractivity contribution in [1.82, 2.24) is 9.97 Å². The number of nitrogens with zero attached hydrogens (tertiary/aromatic N) is 2. The lowest BCUT2D eigenvalue weighted by Gasteiger charge is -2.04. The van der Waals surface area contributed by atoms with Crippen LogP contribution in [0, 0.1) is 6.92 Å². The van der Waals surface area contributed by atoms with Crippen LogP contribution >= 0.6 is 0 Å². The van der Waals surface area contributed by atoms with E-state index in [1.165, 1.54) is 21.9 Å². The minimum atomic E-state index is 0.504. The van der Waals surface area contributed by atoms with Gasteiger partial charge in [-0.15, -0.1) is 0 Å². The van der Waals surface area contributed by atoms with Crippen molar-refractivity contribution in [1.29, 1.82) is 0 Å². The second kappa shape index (κ2) is 7.22. The average Bonchev–Trinajstić information content (AvgIpc) is 2.62. The van der Waals surface area contributed by atoms with Gasteiger partial charge >= 0.3 is 0 Å². The van der Waals surface area contributed by atoms with Crippen LogP contribution in [0.2, 0.25) is 0 Å². The van der Waals surface area contributed by atoms with Gasteiger partial charge in [0, 0.05) is 28.4 Å². The Labute approximate surface area is 143 Å². The summed E-state index contributed by atoms with van der Waals surface area (Å²) in [5.74, 6) is 0.504. The number of aryl methyl sites for hydroxylation is 1. The molecule has 2 heteroatoms. The van der Waals surface area contributed by atoms with Gasteiger partial charge in [-0.1, -0.05) is 62.4 Å². The summed E-state index contributed by atoms with van der Waals surface area (Å²) in [5.41, 5.74) is 3.36. The molecule has 0 bridgehead atoms. The Balaban J connectivity index is 0.000000143. The van der Waals surface area contributed by atoms with E-state index >= 15 is 0 Å². The second-order valence-electron chi connectivity index (χ2n) is 6.20. The van der Waals surface area contributed by atoms with Gasteiger partial charge in [0.25, 0.3) is 0 Å². The molecule has 0 aliphatic carbocycles. The standard InChI is InChI=1S/C12H13N.C10H9N/c1-9(2)11-8-7-10-5-3-4-6-12(10)13-11;1-8-10-5-3-2-4-9(10)6-7-11-8/h3-9H,1-2H3;2-7H,1H3. The van der Waals surface area contributed by atoms with Crippen LogP contribution in [0.25, 0.3) is 21.7 Å². The molecule has 0 amide bonds. The van der Waals surface area contributed by atoms with Gasteiger partial charge in [0.2, 0.25) is 0 Å². The normalized spacial score (nSPS) is 10.7. The maximum atomic E-state index is 4.57. The van der Waals surface area contributed by atoms with Crippen molar-refractivity contribution in [3.63, 3.8) is 0 Å². The molecule has 2 heterocycles. The first-order chi connectivity index (χ1) is 11.6. The average molecular weight is 314 g/mol. The summed E-state index contributed by atoms with van der Waals surface area (Å²) in [6.45, 7) is 6.36. The minimum Gasteiger partial charge on any atom is -0.261 e. The van der Waals surface area contributed by atoms with E-state index in [2.05, 4.69) is 60.2 Å². The minimum absolute atomic E-state index is 0.504. The number of hydrogen-bond acceptors (Lipinski definition) is 2. The number of rotatable bonds is 1. The van der Waals surface area contributed by atoms with E-state index in [1.54, 1.807) is 0 Å². The smallest absolute Gasteiger partial charge is 0.0705 e. The maximum absolute atomic E-state index is 4.57. The third-order valence-electron chi connectivity index (χ3n) is 4.08. The van der Waals surface area contributed by atoms with E-state index in [4.69, 9.17) is 0 Å².